The highest BCUT2D eigenvalue weighted by atomic mass is 35.5. The van der Waals surface area contributed by atoms with Gasteiger partial charge in [-0.15, -0.1) is 0 Å². The molecule has 0 spiro atoms. The molecule has 0 saturated heterocycles. The van der Waals surface area contributed by atoms with Gasteiger partial charge in [0.1, 0.15) is 5.82 Å². The van der Waals surface area contributed by atoms with Crippen LogP contribution in [-0.4, -0.2) is 6.03 Å². The first kappa shape index (κ1) is 15.3. The van der Waals surface area contributed by atoms with Gasteiger partial charge in [-0.25, -0.2) is 9.18 Å². The second-order valence-corrected chi connectivity index (χ2v) is 5.36. The summed E-state index contributed by atoms with van der Waals surface area (Å²) >= 11 is 5.68. The number of halogens is 2. The molecule has 0 unspecified atom stereocenters. The van der Waals surface area contributed by atoms with Crippen LogP contribution in [0.1, 0.15) is 25.3 Å². The number of carbonyl (C=O) groups is 1. The lowest BCUT2D eigenvalue weighted by Gasteiger charge is -2.14. The monoisotopic (exact) mass is 306 g/mol. The lowest BCUT2D eigenvalue weighted by atomic mass is 10.0. The zero-order valence-corrected chi connectivity index (χ0v) is 12.5. The standard InChI is InChI=1S/C16H16ClFN2O/c1-10(2)12-5-3-4-6-15(12)20-16(21)19-11-7-8-14(18)13(17)9-11/h3-10H,1-2H3,(H2,19,20,21). The summed E-state index contributed by atoms with van der Waals surface area (Å²) in [7, 11) is 0. The van der Waals surface area contributed by atoms with Gasteiger partial charge in [0.2, 0.25) is 0 Å². The highest BCUT2D eigenvalue weighted by Gasteiger charge is 2.10. The Labute approximate surface area is 128 Å². The molecule has 21 heavy (non-hydrogen) atoms. The Kier molecular flexibility index (Phi) is 4.81. The summed E-state index contributed by atoms with van der Waals surface area (Å²) in [6.45, 7) is 4.11. The highest BCUT2D eigenvalue weighted by Crippen LogP contribution is 2.24. The number of nitrogens with one attached hydrogen (secondary N) is 2. The number of hydrogen-bond acceptors (Lipinski definition) is 1. The van der Waals surface area contributed by atoms with E-state index in [2.05, 4.69) is 24.5 Å². The quantitative estimate of drug-likeness (QED) is 0.799. The van der Waals surface area contributed by atoms with Gasteiger partial charge < -0.3 is 10.6 Å². The normalized spacial score (nSPS) is 10.5. The lowest BCUT2D eigenvalue weighted by Crippen LogP contribution is -2.20. The van der Waals surface area contributed by atoms with E-state index in [-0.39, 0.29) is 5.02 Å². The third-order valence-electron chi connectivity index (χ3n) is 3.01. The lowest BCUT2D eigenvalue weighted by molar-refractivity contribution is 0.262. The summed E-state index contributed by atoms with van der Waals surface area (Å²) in [4.78, 5) is 12.0. The molecule has 0 bridgehead atoms. The molecule has 2 amide bonds. The number of amides is 2. The molecular weight excluding hydrogens is 291 g/mol. The first-order valence-corrected chi connectivity index (χ1v) is 6.97. The fourth-order valence-corrected chi connectivity index (χ4v) is 2.15. The maximum absolute atomic E-state index is 13.1. The van der Waals surface area contributed by atoms with Crippen LogP contribution in [0, 0.1) is 5.82 Å². The molecule has 0 aliphatic rings. The van der Waals surface area contributed by atoms with E-state index < -0.39 is 11.8 Å². The van der Waals surface area contributed by atoms with Gasteiger partial charge in [-0.2, -0.15) is 0 Å². The van der Waals surface area contributed by atoms with Gasteiger partial charge >= 0.3 is 6.03 Å². The zero-order valence-electron chi connectivity index (χ0n) is 11.8. The Morgan fingerprint density at radius 1 is 1.14 bits per heavy atom. The SMILES string of the molecule is CC(C)c1ccccc1NC(=O)Nc1ccc(F)c(Cl)c1. The van der Waals surface area contributed by atoms with E-state index in [0.29, 0.717) is 11.6 Å². The van der Waals surface area contributed by atoms with Gasteiger partial charge in [-0.1, -0.05) is 43.6 Å². The molecule has 0 saturated carbocycles. The molecule has 5 heteroatoms. The number of anilines is 2. The molecule has 0 aliphatic heterocycles. The first-order chi connectivity index (χ1) is 9.97. The molecular formula is C16H16ClFN2O. The zero-order chi connectivity index (χ0) is 15.4. The van der Waals surface area contributed by atoms with Crippen LogP contribution in [0.2, 0.25) is 5.02 Å². The third kappa shape index (κ3) is 3.95. The molecule has 0 atom stereocenters. The van der Waals surface area contributed by atoms with Crippen LogP contribution in [0.4, 0.5) is 20.6 Å². The fourth-order valence-electron chi connectivity index (χ4n) is 1.97. The van der Waals surface area contributed by atoms with Crippen molar-refractivity contribution in [3.05, 3.63) is 58.9 Å². The number of para-hydroxylation sites is 1. The van der Waals surface area contributed by atoms with Crippen LogP contribution in [0.15, 0.2) is 42.5 Å². The number of rotatable bonds is 3. The largest absolute Gasteiger partial charge is 0.323 e. The third-order valence-corrected chi connectivity index (χ3v) is 3.30. The average Bonchev–Trinajstić information content (AvgIpc) is 2.43. The van der Waals surface area contributed by atoms with Crippen LogP contribution in [0.5, 0.6) is 0 Å². The molecule has 2 aromatic rings. The van der Waals surface area contributed by atoms with Crippen molar-refractivity contribution in [1.29, 1.82) is 0 Å². The van der Waals surface area contributed by atoms with Gasteiger partial charge in [0.25, 0.3) is 0 Å². The summed E-state index contributed by atoms with van der Waals surface area (Å²) < 4.78 is 13.1. The van der Waals surface area contributed by atoms with E-state index in [4.69, 9.17) is 11.6 Å². The molecule has 2 aromatic carbocycles. The molecule has 2 N–H and O–H groups in total. The second-order valence-electron chi connectivity index (χ2n) is 4.95. The van der Waals surface area contributed by atoms with Crippen molar-refractivity contribution in [3.8, 4) is 0 Å². The maximum Gasteiger partial charge on any atom is 0.323 e. The van der Waals surface area contributed by atoms with Gasteiger partial charge in [-0.3, -0.25) is 0 Å². The van der Waals surface area contributed by atoms with E-state index >= 15 is 0 Å². The average molecular weight is 307 g/mol. The van der Waals surface area contributed by atoms with Crippen molar-refractivity contribution in [2.24, 2.45) is 0 Å². The predicted octanol–water partition coefficient (Wildman–Crippen LogP) is 5.25. The van der Waals surface area contributed by atoms with Crippen molar-refractivity contribution < 1.29 is 9.18 Å². The van der Waals surface area contributed by atoms with Crippen LogP contribution < -0.4 is 10.6 Å². The Balaban J connectivity index is 2.10. The molecule has 0 aliphatic carbocycles. The van der Waals surface area contributed by atoms with Crippen molar-refractivity contribution in [2.45, 2.75) is 19.8 Å². The van der Waals surface area contributed by atoms with Crippen LogP contribution >= 0.6 is 11.6 Å². The Morgan fingerprint density at radius 2 is 1.86 bits per heavy atom. The molecule has 0 aromatic heterocycles. The topological polar surface area (TPSA) is 41.1 Å². The number of urea groups is 1. The van der Waals surface area contributed by atoms with E-state index in [1.54, 1.807) is 0 Å². The summed E-state index contributed by atoms with van der Waals surface area (Å²) in [5.74, 6) is -0.227. The molecule has 0 fully saturated rings. The van der Waals surface area contributed by atoms with Crippen LogP contribution in [0.3, 0.4) is 0 Å². The molecule has 110 valence electrons. The smallest absolute Gasteiger partial charge is 0.308 e. The molecule has 0 heterocycles. The van der Waals surface area contributed by atoms with Gasteiger partial charge in [-0.05, 0) is 35.7 Å². The Morgan fingerprint density at radius 3 is 2.52 bits per heavy atom. The summed E-state index contributed by atoms with van der Waals surface area (Å²) in [5, 5.41) is 5.38. The second kappa shape index (κ2) is 6.59. The predicted molar refractivity (Wildman–Crippen MR) is 84.6 cm³/mol. The molecule has 3 nitrogen and oxygen atoms in total. The van der Waals surface area contributed by atoms with Crippen LogP contribution in [0.25, 0.3) is 0 Å². The molecule has 0 radical (unpaired) electrons. The van der Waals surface area contributed by atoms with E-state index in [9.17, 15) is 9.18 Å². The Bertz CT molecular complexity index is 658. The van der Waals surface area contributed by atoms with E-state index in [0.717, 1.165) is 11.3 Å². The first-order valence-electron chi connectivity index (χ1n) is 6.59. The van der Waals surface area contributed by atoms with Crippen LogP contribution in [-0.2, 0) is 0 Å². The Hall–Kier alpha value is -2.07. The van der Waals surface area contributed by atoms with E-state index in [1.807, 2.05) is 24.3 Å². The summed E-state index contributed by atoms with van der Waals surface area (Å²) in [6.07, 6.45) is 0. The van der Waals surface area contributed by atoms with E-state index in [1.165, 1.54) is 18.2 Å². The van der Waals surface area contributed by atoms with Crippen molar-refractivity contribution >= 4 is 29.0 Å². The van der Waals surface area contributed by atoms with Gasteiger partial charge in [0, 0.05) is 11.4 Å². The number of carbonyl (C=O) groups excluding carboxylic acids is 1. The van der Waals surface area contributed by atoms with Gasteiger partial charge in [0.05, 0.1) is 5.02 Å². The minimum Gasteiger partial charge on any atom is -0.308 e. The fraction of sp³-hybridized carbons (Fsp3) is 0.188. The minimum absolute atomic E-state index is 0.0321. The number of hydrogen-bond donors (Lipinski definition) is 2. The highest BCUT2D eigenvalue weighted by molar-refractivity contribution is 6.31. The van der Waals surface area contributed by atoms with Crippen molar-refractivity contribution in [2.75, 3.05) is 10.6 Å². The minimum atomic E-state index is -0.521. The maximum atomic E-state index is 13.1. The summed E-state index contributed by atoms with van der Waals surface area (Å²) in [5.41, 5.74) is 2.23. The number of benzene rings is 2. The summed E-state index contributed by atoms with van der Waals surface area (Å²) in [6, 6.07) is 11.2. The van der Waals surface area contributed by atoms with Crippen molar-refractivity contribution in [1.82, 2.24) is 0 Å². The van der Waals surface area contributed by atoms with Crippen molar-refractivity contribution in [3.63, 3.8) is 0 Å². The molecule has 2 rings (SSSR count). The van der Waals surface area contributed by atoms with Gasteiger partial charge in [0.15, 0.2) is 0 Å².